The number of anilines is 1. The molecule has 1 aliphatic rings. The predicted octanol–water partition coefficient (Wildman–Crippen LogP) is 3.32. The van der Waals surface area contributed by atoms with Gasteiger partial charge in [0.2, 0.25) is 10.0 Å². The Labute approximate surface area is 179 Å². The summed E-state index contributed by atoms with van der Waals surface area (Å²) in [5.41, 5.74) is 2.55. The molecule has 0 saturated heterocycles. The molecule has 0 heterocycles. The van der Waals surface area contributed by atoms with Gasteiger partial charge in [0.25, 0.3) is 5.91 Å². The van der Waals surface area contributed by atoms with Crippen molar-refractivity contribution in [1.29, 1.82) is 0 Å². The molecule has 3 aromatic rings. The van der Waals surface area contributed by atoms with Crippen LogP contribution in [0, 0.1) is 12.7 Å². The van der Waals surface area contributed by atoms with E-state index in [1.165, 1.54) is 42.5 Å². The van der Waals surface area contributed by atoms with E-state index >= 15 is 0 Å². The number of aliphatic hydroxyl groups excluding tert-OH is 1. The van der Waals surface area contributed by atoms with Gasteiger partial charge in [-0.25, -0.2) is 17.5 Å². The second-order valence-corrected chi connectivity index (χ2v) is 9.23. The lowest BCUT2D eigenvalue weighted by atomic mass is 10.1. The summed E-state index contributed by atoms with van der Waals surface area (Å²) in [6.07, 6.45) is -0.511. The monoisotopic (exact) mass is 440 g/mol. The van der Waals surface area contributed by atoms with Crippen LogP contribution >= 0.6 is 0 Å². The van der Waals surface area contributed by atoms with Crippen LogP contribution in [0.5, 0.6) is 0 Å². The minimum absolute atomic E-state index is 0.0907. The average molecular weight is 440 g/mol. The van der Waals surface area contributed by atoms with Gasteiger partial charge in [-0.15, -0.1) is 0 Å². The summed E-state index contributed by atoms with van der Waals surface area (Å²) in [5, 5.41) is 13.0. The number of sulfonamides is 1. The standard InChI is InChI=1S/C23H21FN2O4S/c1-14-11-17(9-10-20(14)24)25-23(28)16-6-4-7-18(12-16)31(29,30)26-22-19-8-3-2-5-15(19)13-21(22)27/h2-12,21-22,26-27H,13H2,1H3,(H,25,28)/t21-,22-/m0/s1. The summed E-state index contributed by atoms with van der Waals surface area (Å²) in [6.45, 7) is 1.58. The molecule has 160 valence electrons. The first kappa shape index (κ1) is 21.2. The third-order valence-electron chi connectivity index (χ3n) is 5.31. The van der Waals surface area contributed by atoms with Crippen LogP contribution in [-0.4, -0.2) is 25.5 Å². The average Bonchev–Trinajstić information content (AvgIpc) is 3.05. The Bertz CT molecular complexity index is 1260. The van der Waals surface area contributed by atoms with E-state index in [0.29, 0.717) is 17.7 Å². The quantitative estimate of drug-likeness (QED) is 0.567. The normalized spacial score (nSPS) is 17.9. The molecular formula is C23H21FN2O4S. The summed E-state index contributed by atoms with van der Waals surface area (Å²) in [6, 6.07) is 16.3. The number of nitrogens with one attached hydrogen (secondary N) is 2. The summed E-state index contributed by atoms with van der Waals surface area (Å²) < 4.78 is 41.9. The number of benzene rings is 3. The molecule has 2 atom stereocenters. The Morgan fingerprint density at radius 1 is 1.06 bits per heavy atom. The van der Waals surface area contributed by atoms with Crippen molar-refractivity contribution in [3.05, 3.63) is 94.8 Å². The van der Waals surface area contributed by atoms with Gasteiger partial charge >= 0.3 is 0 Å². The minimum Gasteiger partial charge on any atom is -0.391 e. The maximum Gasteiger partial charge on any atom is 0.255 e. The number of carbonyl (C=O) groups is 1. The van der Waals surface area contributed by atoms with Gasteiger partial charge in [0.1, 0.15) is 5.82 Å². The predicted molar refractivity (Wildman–Crippen MR) is 115 cm³/mol. The minimum atomic E-state index is -4.00. The van der Waals surface area contributed by atoms with Crippen LogP contribution in [0.25, 0.3) is 0 Å². The molecule has 0 aliphatic heterocycles. The fourth-order valence-electron chi connectivity index (χ4n) is 3.68. The van der Waals surface area contributed by atoms with Gasteiger partial charge in [0.15, 0.2) is 0 Å². The topological polar surface area (TPSA) is 95.5 Å². The third kappa shape index (κ3) is 4.36. The molecule has 0 unspecified atom stereocenters. The van der Waals surface area contributed by atoms with Crippen molar-refractivity contribution in [2.24, 2.45) is 0 Å². The molecule has 0 radical (unpaired) electrons. The Morgan fingerprint density at radius 2 is 1.84 bits per heavy atom. The number of fused-ring (bicyclic) bond motifs is 1. The van der Waals surface area contributed by atoms with Gasteiger partial charge in [-0.1, -0.05) is 30.3 Å². The highest BCUT2D eigenvalue weighted by molar-refractivity contribution is 7.89. The van der Waals surface area contributed by atoms with Crippen molar-refractivity contribution in [3.8, 4) is 0 Å². The van der Waals surface area contributed by atoms with Gasteiger partial charge in [-0.05, 0) is 60.0 Å². The van der Waals surface area contributed by atoms with E-state index in [9.17, 15) is 22.7 Å². The first-order chi connectivity index (χ1) is 14.7. The van der Waals surface area contributed by atoms with E-state index in [1.807, 2.05) is 12.1 Å². The van der Waals surface area contributed by atoms with Crippen LogP contribution in [0.3, 0.4) is 0 Å². The largest absolute Gasteiger partial charge is 0.391 e. The fourth-order valence-corrected chi connectivity index (χ4v) is 4.98. The van der Waals surface area contributed by atoms with Crippen molar-refractivity contribution < 1.29 is 22.7 Å². The lowest BCUT2D eigenvalue weighted by Gasteiger charge is -2.18. The molecule has 0 fully saturated rings. The van der Waals surface area contributed by atoms with Gasteiger partial charge in [-0.2, -0.15) is 0 Å². The molecule has 4 rings (SSSR count). The zero-order chi connectivity index (χ0) is 22.2. The Kier molecular flexibility index (Phi) is 5.62. The van der Waals surface area contributed by atoms with Crippen LogP contribution in [0.2, 0.25) is 0 Å². The fraction of sp³-hybridized carbons (Fsp3) is 0.174. The number of carbonyl (C=O) groups excluding carboxylic acids is 1. The second-order valence-electron chi connectivity index (χ2n) is 7.52. The second kappa shape index (κ2) is 8.22. The summed E-state index contributed by atoms with van der Waals surface area (Å²) in [4.78, 5) is 12.5. The lowest BCUT2D eigenvalue weighted by Crippen LogP contribution is -2.34. The number of hydrogen-bond acceptors (Lipinski definition) is 4. The van der Waals surface area contributed by atoms with Crippen LogP contribution in [-0.2, 0) is 16.4 Å². The Morgan fingerprint density at radius 3 is 2.61 bits per heavy atom. The zero-order valence-corrected chi connectivity index (χ0v) is 17.5. The van der Waals surface area contributed by atoms with Crippen LogP contribution in [0.4, 0.5) is 10.1 Å². The molecular weight excluding hydrogens is 419 g/mol. The van der Waals surface area contributed by atoms with Crippen molar-refractivity contribution in [2.45, 2.75) is 30.4 Å². The molecule has 0 saturated carbocycles. The van der Waals surface area contributed by atoms with E-state index in [4.69, 9.17) is 0 Å². The smallest absolute Gasteiger partial charge is 0.255 e. The number of rotatable bonds is 5. The first-order valence-corrected chi connectivity index (χ1v) is 11.2. The molecule has 31 heavy (non-hydrogen) atoms. The van der Waals surface area contributed by atoms with Crippen molar-refractivity contribution in [3.63, 3.8) is 0 Å². The Hall–Kier alpha value is -3.07. The SMILES string of the molecule is Cc1cc(NC(=O)c2cccc(S(=O)(=O)N[C@H]3c4ccccc4C[C@@H]3O)c2)ccc1F. The highest BCUT2D eigenvalue weighted by Gasteiger charge is 2.34. The van der Waals surface area contributed by atoms with E-state index in [-0.39, 0.29) is 16.3 Å². The summed E-state index contributed by atoms with van der Waals surface area (Å²) in [5.74, 6) is -0.901. The number of aliphatic hydroxyl groups is 1. The Balaban J connectivity index is 1.55. The van der Waals surface area contributed by atoms with E-state index in [0.717, 1.165) is 11.1 Å². The van der Waals surface area contributed by atoms with Gasteiger partial charge < -0.3 is 10.4 Å². The molecule has 6 nitrogen and oxygen atoms in total. The molecule has 0 spiro atoms. The zero-order valence-electron chi connectivity index (χ0n) is 16.7. The van der Waals surface area contributed by atoms with Crippen molar-refractivity contribution >= 4 is 21.6 Å². The van der Waals surface area contributed by atoms with Crippen molar-refractivity contribution in [2.75, 3.05) is 5.32 Å². The third-order valence-corrected chi connectivity index (χ3v) is 6.75. The molecule has 3 aromatic carbocycles. The van der Waals surface area contributed by atoms with Gasteiger partial charge in [-0.3, -0.25) is 4.79 Å². The molecule has 0 aromatic heterocycles. The molecule has 1 amide bonds. The van der Waals surface area contributed by atoms with E-state index < -0.39 is 28.1 Å². The molecule has 3 N–H and O–H groups in total. The highest BCUT2D eigenvalue weighted by atomic mass is 32.2. The molecule has 8 heteroatoms. The van der Waals surface area contributed by atoms with Gasteiger partial charge in [0, 0.05) is 17.7 Å². The maximum absolute atomic E-state index is 13.4. The summed E-state index contributed by atoms with van der Waals surface area (Å²) in [7, 11) is -4.00. The van der Waals surface area contributed by atoms with Crippen LogP contribution in [0.1, 0.15) is 33.1 Å². The number of aryl methyl sites for hydroxylation is 1. The first-order valence-electron chi connectivity index (χ1n) is 9.70. The number of hydrogen-bond donors (Lipinski definition) is 3. The maximum atomic E-state index is 13.4. The summed E-state index contributed by atoms with van der Waals surface area (Å²) >= 11 is 0. The van der Waals surface area contributed by atoms with Crippen molar-refractivity contribution in [1.82, 2.24) is 4.72 Å². The van der Waals surface area contributed by atoms with Crippen LogP contribution in [0.15, 0.2) is 71.6 Å². The van der Waals surface area contributed by atoms with Gasteiger partial charge in [0.05, 0.1) is 17.0 Å². The van der Waals surface area contributed by atoms with E-state index in [2.05, 4.69) is 10.0 Å². The number of amides is 1. The molecule has 0 bridgehead atoms. The van der Waals surface area contributed by atoms with E-state index in [1.54, 1.807) is 19.1 Å². The number of halogens is 1. The highest BCUT2D eigenvalue weighted by Crippen LogP contribution is 2.32. The lowest BCUT2D eigenvalue weighted by molar-refractivity contribution is 0.102. The molecule has 1 aliphatic carbocycles. The van der Waals surface area contributed by atoms with Crippen LogP contribution < -0.4 is 10.0 Å².